The lowest BCUT2D eigenvalue weighted by Crippen LogP contribution is -2.03. The molecular formula is C9H11BrN2. The first-order chi connectivity index (χ1) is 5.84. The maximum Gasteiger partial charge on any atom is 0.0431 e. The van der Waals surface area contributed by atoms with Crippen LogP contribution in [0.1, 0.15) is 5.56 Å². The number of rotatable bonds is 3. The van der Waals surface area contributed by atoms with Gasteiger partial charge in [0.05, 0.1) is 0 Å². The van der Waals surface area contributed by atoms with Crippen LogP contribution in [0.4, 0.5) is 0 Å². The van der Waals surface area contributed by atoms with Gasteiger partial charge in [0.25, 0.3) is 0 Å². The van der Waals surface area contributed by atoms with Crippen LogP contribution in [0.5, 0.6) is 0 Å². The van der Waals surface area contributed by atoms with Crippen LogP contribution >= 0.6 is 15.9 Å². The van der Waals surface area contributed by atoms with E-state index in [1.54, 1.807) is 12.4 Å². The molecule has 2 nitrogen and oxygen atoms in total. The minimum absolute atomic E-state index is 0.884. The molecule has 3 heteroatoms. The number of halogens is 1. The molecule has 1 heterocycles. The monoisotopic (exact) mass is 226 g/mol. The van der Waals surface area contributed by atoms with Gasteiger partial charge in [0.1, 0.15) is 0 Å². The molecule has 64 valence electrons. The van der Waals surface area contributed by atoms with E-state index in [0.29, 0.717) is 0 Å². The van der Waals surface area contributed by atoms with Gasteiger partial charge >= 0.3 is 0 Å². The third kappa shape index (κ3) is 2.75. The minimum atomic E-state index is 0.884. The van der Waals surface area contributed by atoms with E-state index in [2.05, 4.69) is 38.4 Å². The first-order valence-corrected chi connectivity index (χ1v) is 4.54. The summed E-state index contributed by atoms with van der Waals surface area (Å²) in [6, 6.07) is 1.97. The molecule has 0 saturated heterocycles. The Hall–Kier alpha value is -0.670. The third-order valence-corrected chi connectivity index (χ3v) is 2.09. The summed E-state index contributed by atoms with van der Waals surface area (Å²) in [5.41, 5.74) is 1.15. The van der Waals surface area contributed by atoms with Crippen molar-refractivity contribution in [2.24, 2.45) is 0 Å². The predicted molar refractivity (Wildman–Crippen MR) is 54.9 cm³/mol. The molecule has 0 spiro atoms. The van der Waals surface area contributed by atoms with Crippen molar-refractivity contribution in [1.29, 1.82) is 0 Å². The highest BCUT2D eigenvalue weighted by molar-refractivity contribution is 9.10. The molecule has 0 aliphatic heterocycles. The Bertz CT molecular complexity index is 271. The molecule has 0 amide bonds. The summed E-state index contributed by atoms with van der Waals surface area (Å²) in [7, 11) is 1.92. The van der Waals surface area contributed by atoms with Gasteiger partial charge in [0.15, 0.2) is 0 Å². The van der Waals surface area contributed by atoms with Gasteiger partial charge in [-0.3, -0.25) is 4.98 Å². The van der Waals surface area contributed by atoms with Gasteiger partial charge in [-0.25, -0.2) is 0 Å². The van der Waals surface area contributed by atoms with Crippen molar-refractivity contribution < 1.29 is 0 Å². The number of aromatic nitrogens is 1. The fourth-order valence-electron chi connectivity index (χ4n) is 0.825. The second-order valence-electron chi connectivity index (χ2n) is 2.36. The highest BCUT2D eigenvalue weighted by Crippen LogP contribution is 2.15. The second-order valence-corrected chi connectivity index (χ2v) is 3.21. The number of likely N-dealkylation sites (N-methyl/N-ethyl adjacent to an activating group) is 1. The zero-order valence-electron chi connectivity index (χ0n) is 6.92. The van der Waals surface area contributed by atoms with Crippen LogP contribution in [-0.4, -0.2) is 18.6 Å². The predicted octanol–water partition coefficient (Wildman–Crippen LogP) is 2.08. The highest BCUT2D eigenvalue weighted by atomic mass is 79.9. The molecule has 0 aliphatic rings. The molecule has 1 aromatic rings. The molecule has 0 aliphatic carbocycles. The largest absolute Gasteiger partial charge is 0.316 e. The Kier molecular flexibility index (Phi) is 3.97. The van der Waals surface area contributed by atoms with Gasteiger partial charge in [-0.1, -0.05) is 12.2 Å². The van der Waals surface area contributed by atoms with Crippen molar-refractivity contribution in [3.8, 4) is 0 Å². The van der Waals surface area contributed by atoms with Crippen LogP contribution in [-0.2, 0) is 0 Å². The van der Waals surface area contributed by atoms with Crippen LogP contribution in [0, 0.1) is 0 Å². The fourth-order valence-corrected chi connectivity index (χ4v) is 1.21. The number of pyridine rings is 1. The molecule has 0 fully saturated rings. The van der Waals surface area contributed by atoms with E-state index in [9.17, 15) is 0 Å². The number of hydrogen-bond donors (Lipinski definition) is 1. The zero-order valence-corrected chi connectivity index (χ0v) is 8.51. The third-order valence-electron chi connectivity index (χ3n) is 1.42. The van der Waals surface area contributed by atoms with E-state index < -0.39 is 0 Å². The van der Waals surface area contributed by atoms with Crippen molar-refractivity contribution in [3.05, 3.63) is 34.6 Å². The molecular weight excluding hydrogens is 216 g/mol. The smallest absolute Gasteiger partial charge is 0.0431 e. The molecule has 0 saturated carbocycles. The van der Waals surface area contributed by atoms with Crippen molar-refractivity contribution in [1.82, 2.24) is 10.3 Å². The van der Waals surface area contributed by atoms with Crippen molar-refractivity contribution in [3.63, 3.8) is 0 Å². The minimum Gasteiger partial charge on any atom is -0.316 e. The van der Waals surface area contributed by atoms with Gasteiger partial charge in [-0.05, 0) is 34.6 Å². The molecule has 1 aromatic heterocycles. The Morgan fingerprint density at radius 2 is 2.50 bits per heavy atom. The molecule has 1 N–H and O–H groups in total. The van der Waals surface area contributed by atoms with Crippen LogP contribution in [0.15, 0.2) is 29.0 Å². The lowest BCUT2D eigenvalue weighted by Gasteiger charge is -1.95. The standard InChI is InChI=1S/C9H11BrN2/c1-11-5-2-3-8-4-6-12-7-9(8)10/h2-4,6-7,11H,5H2,1H3. The molecule has 0 unspecified atom stereocenters. The molecule has 12 heavy (non-hydrogen) atoms. The van der Waals surface area contributed by atoms with E-state index in [0.717, 1.165) is 16.6 Å². The normalized spacial score (nSPS) is 10.8. The molecule has 0 atom stereocenters. The van der Waals surface area contributed by atoms with Crippen molar-refractivity contribution >= 4 is 22.0 Å². The first kappa shape index (κ1) is 9.42. The SMILES string of the molecule is CNCC=Cc1ccncc1Br. The number of nitrogens with zero attached hydrogens (tertiary/aromatic N) is 1. The van der Waals surface area contributed by atoms with E-state index in [1.165, 1.54) is 0 Å². The second kappa shape index (κ2) is 5.06. The van der Waals surface area contributed by atoms with Crippen LogP contribution < -0.4 is 5.32 Å². The first-order valence-electron chi connectivity index (χ1n) is 3.75. The van der Waals surface area contributed by atoms with E-state index in [4.69, 9.17) is 0 Å². The molecule has 0 bridgehead atoms. The van der Waals surface area contributed by atoms with Crippen LogP contribution in [0.3, 0.4) is 0 Å². The van der Waals surface area contributed by atoms with E-state index in [1.807, 2.05) is 13.1 Å². The summed E-state index contributed by atoms with van der Waals surface area (Å²) < 4.78 is 1.03. The van der Waals surface area contributed by atoms with Crippen molar-refractivity contribution in [2.75, 3.05) is 13.6 Å². The summed E-state index contributed by atoms with van der Waals surface area (Å²) in [4.78, 5) is 3.98. The van der Waals surface area contributed by atoms with Gasteiger partial charge in [-0.15, -0.1) is 0 Å². The average molecular weight is 227 g/mol. The van der Waals surface area contributed by atoms with Gasteiger partial charge in [-0.2, -0.15) is 0 Å². The van der Waals surface area contributed by atoms with Crippen LogP contribution in [0.25, 0.3) is 6.08 Å². The average Bonchev–Trinajstić information content (AvgIpc) is 2.09. The van der Waals surface area contributed by atoms with Gasteiger partial charge in [0, 0.05) is 23.4 Å². The topological polar surface area (TPSA) is 24.9 Å². The Morgan fingerprint density at radius 3 is 3.17 bits per heavy atom. The maximum absolute atomic E-state index is 3.98. The van der Waals surface area contributed by atoms with Gasteiger partial charge in [0.2, 0.25) is 0 Å². The summed E-state index contributed by atoms with van der Waals surface area (Å²) in [5, 5.41) is 3.04. The maximum atomic E-state index is 3.98. The van der Waals surface area contributed by atoms with Gasteiger partial charge < -0.3 is 5.32 Å². The fraction of sp³-hybridized carbons (Fsp3) is 0.222. The quantitative estimate of drug-likeness (QED) is 0.854. The molecule has 0 radical (unpaired) electrons. The lowest BCUT2D eigenvalue weighted by atomic mass is 10.2. The molecule has 1 rings (SSSR count). The Morgan fingerprint density at radius 1 is 1.67 bits per heavy atom. The molecule has 0 aromatic carbocycles. The Labute approximate surface area is 80.8 Å². The van der Waals surface area contributed by atoms with Crippen LogP contribution in [0.2, 0.25) is 0 Å². The lowest BCUT2D eigenvalue weighted by molar-refractivity contribution is 0.922. The Balaban J connectivity index is 2.68. The highest BCUT2D eigenvalue weighted by Gasteiger charge is 1.91. The van der Waals surface area contributed by atoms with E-state index >= 15 is 0 Å². The summed E-state index contributed by atoms with van der Waals surface area (Å²) in [6.45, 7) is 0.884. The van der Waals surface area contributed by atoms with E-state index in [-0.39, 0.29) is 0 Å². The number of hydrogen-bond acceptors (Lipinski definition) is 2. The zero-order chi connectivity index (χ0) is 8.81. The van der Waals surface area contributed by atoms with Crippen molar-refractivity contribution in [2.45, 2.75) is 0 Å². The summed E-state index contributed by atoms with van der Waals surface area (Å²) >= 11 is 3.41. The summed E-state index contributed by atoms with van der Waals surface area (Å²) in [6.07, 6.45) is 7.70. The number of nitrogens with one attached hydrogen (secondary N) is 1. The summed E-state index contributed by atoms with van der Waals surface area (Å²) in [5.74, 6) is 0.